The van der Waals surface area contributed by atoms with Crippen molar-refractivity contribution in [2.75, 3.05) is 32.1 Å². The fraction of sp³-hybridized carbons (Fsp3) is 0.296. The lowest BCUT2D eigenvalue weighted by molar-refractivity contribution is 0.105. The van der Waals surface area contributed by atoms with Crippen molar-refractivity contribution in [1.29, 1.82) is 0 Å². The molecule has 1 fully saturated rings. The maximum atomic E-state index is 5.91. The summed E-state index contributed by atoms with van der Waals surface area (Å²) in [5.74, 6) is 0.602. The third-order valence-electron chi connectivity index (χ3n) is 6.42. The fourth-order valence-electron chi connectivity index (χ4n) is 4.80. The lowest BCUT2D eigenvalue weighted by Crippen LogP contribution is -2.47. The molecule has 0 spiro atoms. The largest absolute Gasteiger partial charge is 0.329 e. The number of hydrogen-bond donors (Lipinski definition) is 0. The van der Waals surface area contributed by atoms with Crippen LogP contribution in [0.1, 0.15) is 22.7 Å². The van der Waals surface area contributed by atoms with Gasteiger partial charge in [0.2, 0.25) is 0 Å². The van der Waals surface area contributed by atoms with E-state index in [4.69, 9.17) is 11.6 Å². The van der Waals surface area contributed by atoms with Crippen LogP contribution in [0.2, 0.25) is 0 Å². The van der Waals surface area contributed by atoms with Crippen LogP contribution in [0.4, 0.5) is 0 Å². The second-order valence-corrected chi connectivity index (χ2v) is 8.86. The molecule has 5 rings (SSSR count). The van der Waals surface area contributed by atoms with E-state index in [1.54, 1.807) is 0 Å². The molecule has 1 aromatic heterocycles. The summed E-state index contributed by atoms with van der Waals surface area (Å²) in [6.07, 6.45) is 1.89. The molecule has 164 valence electrons. The summed E-state index contributed by atoms with van der Waals surface area (Å²) in [6.45, 7) is 6.00. The molecule has 1 saturated heterocycles. The monoisotopic (exact) mass is 444 g/mol. The van der Waals surface area contributed by atoms with Crippen LogP contribution in [0.15, 0.2) is 85.2 Å². The Balaban J connectivity index is 1.27. The summed E-state index contributed by atoms with van der Waals surface area (Å²) in [7, 11) is 0. The Kier molecular flexibility index (Phi) is 6.54. The summed E-state index contributed by atoms with van der Waals surface area (Å²) < 4.78 is 2.12. The quantitative estimate of drug-likeness (QED) is 0.367. The normalized spacial score (nSPS) is 15.6. The van der Waals surface area contributed by atoms with Gasteiger partial charge in [0.05, 0.1) is 23.4 Å². The van der Waals surface area contributed by atoms with Crippen molar-refractivity contribution in [3.05, 3.63) is 102 Å². The highest BCUT2D eigenvalue weighted by Gasteiger charge is 2.26. The first kappa shape index (κ1) is 21.2. The number of benzene rings is 3. The Bertz CT molecular complexity index is 1090. The van der Waals surface area contributed by atoms with E-state index < -0.39 is 0 Å². The third-order valence-corrected chi connectivity index (χ3v) is 6.59. The maximum Gasteiger partial charge on any atom is 0.0958 e. The van der Waals surface area contributed by atoms with Gasteiger partial charge in [-0.05, 0) is 28.8 Å². The van der Waals surface area contributed by atoms with Crippen LogP contribution < -0.4 is 0 Å². The molecule has 0 radical (unpaired) electrons. The van der Waals surface area contributed by atoms with E-state index in [2.05, 4.69) is 98.2 Å². The highest BCUT2D eigenvalue weighted by molar-refractivity contribution is 6.17. The number of fused-ring (bicyclic) bond motifs is 1. The van der Waals surface area contributed by atoms with Gasteiger partial charge in [-0.3, -0.25) is 9.80 Å². The topological polar surface area (TPSA) is 24.3 Å². The fourth-order valence-corrected chi connectivity index (χ4v) is 4.98. The molecule has 4 nitrogen and oxygen atoms in total. The number of hydrogen-bond acceptors (Lipinski definition) is 3. The summed E-state index contributed by atoms with van der Waals surface area (Å²) in [5, 5.41) is 0. The lowest BCUT2D eigenvalue weighted by atomic mass is 9.96. The van der Waals surface area contributed by atoms with E-state index in [-0.39, 0.29) is 0 Å². The number of aromatic nitrogens is 2. The predicted octanol–water partition coefficient (Wildman–Crippen LogP) is 5.18. The molecular formula is C27H29ClN4. The van der Waals surface area contributed by atoms with E-state index in [9.17, 15) is 0 Å². The molecule has 0 amide bonds. The highest BCUT2D eigenvalue weighted by atomic mass is 35.5. The Labute approximate surface area is 195 Å². The van der Waals surface area contributed by atoms with Crippen LogP contribution >= 0.6 is 11.6 Å². The van der Waals surface area contributed by atoms with Gasteiger partial charge >= 0.3 is 0 Å². The van der Waals surface area contributed by atoms with Gasteiger partial charge in [0, 0.05) is 45.1 Å². The molecule has 0 atom stereocenters. The minimum atomic E-state index is 0.307. The second-order valence-electron chi connectivity index (χ2n) is 8.49. The molecule has 5 heteroatoms. The van der Waals surface area contributed by atoms with Gasteiger partial charge in [0.1, 0.15) is 0 Å². The van der Waals surface area contributed by atoms with Crippen LogP contribution in [-0.2, 0) is 13.1 Å². The average molecular weight is 445 g/mol. The van der Waals surface area contributed by atoms with E-state index in [0.29, 0.717) is 11.9 Å². The van der Waals surface area contributed by atoms with Crippen molar-refractivity contribution in [3.8, 4) is 0 Å². The van der Waals surface area contributed by atoms with Crippen molar-refractivity contribution >= 4 is 22.6 Å². The van der Waals surface area contributed by atoms with Crippen LogP contribution in [0, 0.1) is 0 Å². The molecule has 4 aromatic rings. The minimum absolute atomic E-state index is 0.307. The number of aryl methyl sites for hydroxylation is 1. The van der Waals surface area contributed by atoms with Gasteiger partial charge in [0.25, 0.3) is 0 Å². The van der Waals surface area contributed by atoms with Gasteiger partial charge in [-0.25, -0.2) is 4.98 Å². The first-order valence-electron chi connectivity index (χ1n) is 11.4. The zero-order chi connectivity index (χ0) is 21.8. The van der Waals surface area contributed by atoms with Crippen LogP contribution in [0.25, 0.3) is 11.0 Å². The summed E-state index contributed by atoms with van der Waals surface area (Å²) in [4.78, 5) is 9.75. The molecule has 1 aliphatic rings. The Morgan fingerprint density at radius 1 is 0.812 bits per heavy atom. The standard InChI is InChI=1S/C27H29ClN4/c28-13-14-32-21-29-25-19-22(11-12-26(25)32)20-30-15-17-31(18-16-30)27(23-7-3-1-4-8-23)24-9-5-2-6-10-24/h1-12,19,21,27H,13-18,20H2. The van der Waals surface area contributed by atoms with Crippen molar-refractivity contribution in [3.63, 3.8) is 0 Å². The number of nitrogens with zero attached hydrogens (tertiary/aromatic N) is 4. The van der Waals surface area contributed by atoms with Gasteiger partial charge in [-0.15, -0.1) is 11.6 Å². The second kappa shape index (κ2) is 9.86. The number of piperazine rings is 1. The van der Waals surface area contributed by atoms with Crippen LogP contribution in [0.3, 0.4) is 0 Å². The van der Waals surface area contributed by atoms with E-state index in [1.165, 1.54) is 16.7 Å². The Hall–Kier alpha value is -2.66. The van der Waals surface area contributed by atoms with Crippen molar-refractivity contribution in [2.45, 2.75) is 19.1 Å². The van der Waals surface area contributed by atoms with Gasteiger partial charge in [-0.1, -0.05) is 66.7 Å². The van der Waals surface area contributed by atoms with Crippen molar-refractivity contribution < 1.29 is 0 Å². The average Bonchev–Trinajstić information content (AvgIpc) is 3.24. The minimum Gasteiger partial charge on any atom is -0.329 e. The van der Waals surface area contributed by atoms with Crippen molar-refractivity contribution in [1.82, 2.24) is 19.4 Å². The Morgan fingerprint density at radius 3 is 2.09 bits per heavy atom. The molecule has 1 aliphatic heterocycles. The predicted molar refractivity (Wildman–Crippen MR) is 132 cm³/mol. The smallest absolute Gasteiger partial charge is 0.0958 e. The number of imidazole rings is 1. The summed E-state index contributed by atoms with van der Waals surface area (Å²) >= 11 is 5.91. The van der Waals surface area contributed by atoms with E-state index >= 15 is 0 Å². The van der Waals surface area contributed by atoms with Crippen LogP contribution in [0.5, 0.6) is 0 Å². The third kappa shape index (κ3) is 4.58. The molecule has 2 heterocycles. The lowest BCUT2D eigenvalue weighted by Gasteiger charge is -2.39. The van der Waals surface area contributed by atoms with Gasteiger partial charge < -0.3 is 4.57 Å². The number of rotatable bonds is 7. The SMILES string of the molecule is ClCCn1cnc2cc(CN3CCN(C(c4ccccc4)c4ccccc4)CC3)ccc21. The maximum absolute atomic E-state index is 5.91. The van der Waals surface area contributed by atoms with Crippen LogP contribution in [-0.4, -0.2) is 51.4 Å². The molecule has 0 unspecified atom stereocenters. The Morgan fingerprint density at radius 2 is 1.47 bits per heavy atom. The van der Waals surface area contributed by atoms with E-state index in [1.807, 2.05) is 6.33 Å². The number of halogens is 1. The zero-order valence-electron chi connectivity index (χ0n) is 18.3. The zero-order valence-corrected chi connectivity index (χ0v) is 19.0. The highest BCUT2D eigenvalue weighted by Crippen LogP contribution is 2.29. The molecule has 0 saturated carbocycles. The number of alkyl halides is 1. The molecule has 0 N–H and O–H groups in total. The molecule has 3 aromatic carbocycles. The van der Waals surface area contributed by atoms with Gasteiger partial charge in [0.15, 0.2) is 0 Å². The molecule has 32 heavy (non-hydrogen) atoms. The molecule has 0 aliphatic carbocycles. The van der Waals surface area contributed by atoms with E-state index in [0.717, 1.165) is 50.3 Å². The first-order valence-corrected chi connectivity index (χ1v) is 11.9. The molecular weight excluding hydrogens is 416 g/mol. The first-order chi connectivity index (χ1) is 15.8. The molecule has 0 bridgehead atoms. The summed E-state index contributed by atoms with van der Waals surface area (Å²) in [5.41, 5.74) is 6.27. The van der Waals surface area contributed by atoms with Gasteiger partial charge in [-0.2, -0.15) is 0 Å². The van der Waals surface area contributed by atoms with Crippen molar-refractivity contribution in [2.24, 2.45) is 0 Å². The summed E-state index contributed by atoms with van der Waals surface area (Å²) in [6, 6.07) is 28.7.